The van der Waals surface area contributed by atoms with Crippen molar-refractivity contribution in [2.75, 3.05) is 6.26 Å². The van der Waals surface area contributed by atoms with Crippen LogP contribution in [0.2, 0.25) is 0 Å². The Bertz CT molecular complexity index is 641. The third kappa shape index (κ3) is 1.61. The first kappa shape index (κ1) is 11.3. The van der Waals surface area contributed by atoms with Crippen LogP contribution in [-0.2, 0) is 0 Å². The van der Waals surface area contributed by atoms with E-state index in [4.69, 9.17) is 0 Å². The van der Waals surface area contributed by atoms with Crippen molar-refractivity contribution in [2.24, 2.45) is 0 Å². The topological polar surface area (TPSA) is 17.1 Å². The van der Waals surface area contributed by atoms with Gasteiger partial charge in [0.25, 0.3) is 0 Å². The van der Waals surface area contributed by atoms with Crippen molar-refractivity contribution < 1.29 is 4.79 Å². The number of rotatable bonds is 2. The zero-order valence-electron chi connectivity index (χ0n) is 10.0. The van der Waals surface area contributed by atoms with Crippen LogP contribution in [0.5, 0.6) is 0 Å². The van der Waals surface area contributed by atoms with Gasteiger partial charge in [0, 0.05) is 16.0 Å². The Morgan fingerprint density at radius 2 is 1.44 bits per heavy atom. The first-order chi connectivity index (χ1) is 8.83. The standard InChI is InChI=1S/C16H12OS/c1-18-16-13-10-6-5-9-12(13)15(17)14(16)11-7-3-2-4-8-11/h2-10H,1H3. The second-order valence-corrected chi connectivity index (χ2v) is 4.97. The van der Waals surface area contributed by atoms with Crippen molar-refractivity contribution in [3.63, 3.8) is 0 Å². The maximum atomic E-state index is 12.5. The minimum absolute atomic E-state index is 0.140. The quantitative estimate of drug-likeness (QED) is 0.800. The lowest BCUT2D eigenvalue weighted by atomic mass is 10.0. The lowest BCUT2D eigenvalue weighted by Crippen LogP contribution is -1.97. The van der Waals surface area contributed by atoms with Gasteiger partial charge in [-0.1, -0.05) is 54.6 Å². The molecule has 2 aromatic carbocycles. The number of allylic oxidation sites excluding steroid dienone is 1. The van der Waals surface area contributed by atoms with Gasteiger partial charge in [0.05, 0.1) is 0 Å². The summed E-state index contributed by atoms with van der Waals surface area (Å²) >= 11 is 1.64. The number of carbonyl (C=O) groups excluding carboxylic acids is 1. The summed E-state index contributed by atoms with van der Waals surface area (Å²) in [5.74, 6) is 0.140. The Hall–Kier alpha value is -1.80. The number of Topliss-reactive ketones (excluding diaryl/α,β-unsaturated/α-hetero) is 1. The summed E-state index contributed by atoms with van der Waals surface area (Å²) in [5.41, 5.74) is 3.72. The fourth-order valence-electron chi connectivity index (χ4n) is 2.33. The highest BCUT2D eigenvalue weighted by atomic mass is 32.2. The zero-order valence-corrected chi connectivity index (χ0v) is 10.8. The van der Waals surface area contributed by atoms with Gasteiger partial charge >= 0.3 is 0 Å². The molecule has 0 fully saturated rings. The van der Waals surface area contributed by atoms with Gasteiger partial charge in [-0.15, -0.1) is 11.8 Å². The van der Waals surface area contributed by atoms with Crippen molar-refractivity contribution in [3.8, 4) is 0 Å². The number of hydrogen-bond donors (Lipinski definition) is 0. The largest absolute Gasteiger partial charge is 0.289 e. The maximum absolute atomic E-state index is 12.5. The molecule has 0 unspecified atom stereocenters. The molecule has 3 rings (SSSR count). The minimum Gasteiger partial charge on any atom is -0.289 e. The van der Waals surface area contributed by atoms with Crippen LogP contribution in [0, 0.1) is 0 Å². The van der Waals surface area contributed by atoms with Crippen LogP contribution in [0.25, 0.3) is 10.5 Å². The van der Waals surface area contributed by atoms with Gasteiger partial charge in [-0.3, -0.25) is 4.79 Å². The Balaban J connectivity index is 2.24. The predicted octanol–water partition coefficient (Wildman–Crippen LogP) is 4.11. The summed E-state index contributed by atoms with van der Waals surface area (Å²) < 4.78 is 0. The number of hydrogen-bond acceptors (Lipinski definition) is 2. The molecule has 0 aromatic heterocycles. The lowest BCUT2D eigenvalue weighted by Gasteiger charge is -2.04. The number of benzene rings is 2. The first-order valence-electron chi connectivity index (χ1n) is 5.80. The SMILES string of the molecule is CSC1=C(c2ccccc2)C(=O)c2ccccc21. The van der Waals surface area contributed by atoms with E-state index >= 15 is 0 Å². The molecule has 0 N–H and O–H groups in total. The smallest absolute Gasteiger partial charge is 0.195 e. The minimum atomic E-state index is 0.140. The van der Waals surface area contributed by atoms with Gasteiger partial charge in [0.2, 0.25) is 0 Å². The molecule has 0 aliphatic heterocycles. The normalized spacial score (nSPS) is 13.9. The molecule has 0 bridgehead atoms. The molecule has 0 saturated heterocycles. The molecule has 1 nitrogen and oxygen atoms in total. The van der Waals surface area contributed by atoms with Crippen LogP contribution < -0.4 is 0 Å². The van der Waals surface area contributed by atoms with Crippen molar-refractivity contribution in [2.45, 2.75) is 0 Å². The van der Waals surface area contributed by atoms with E-state index in [9.17, 15) is 4.79 Å². The molecule has 1 aliphatic rings. The van der Waals surface area contributed by atoms with Crippen LogP contribution in [0.1, 0.15) is 21.5 Å². The van der Waals surface area contributed by atoms with Crippen LogP contribution in [0.3, 0.4) is 0 Å². The van der Waals surface area contributed by atoms with Crippen LogP contribution in [0.15, 0.2) is 54.6 Å². The first-order valence-corrected chi connectivity index (χ1v) is 7.03. The number of thioether (sulfide) groups is 1. The van der Waals surface area contributed by atoms with E-state index < -0.39 is 0 Å². The van der Waals surface area contributed by atoms with E-state index in [0.29, 0.717) is 0 Å². The van der Waals surface area contributed by atoms with E-state index in [2.05, 4.69) is 0 Å². The zero-order chi connectivity index (χ0) is 12.5. The molecule has 0 amide bonds. The monoisotopic (exact) mass is 252 g/mol. The van der Waals surface area contributed by atoms with Crippen LogP contribution >= 0.6 is 11.8 Å². The Labute approximate surface area is 111 Å². The summed E-state index contributed by atoms with van der Waals surface area (Å²) in [6.07, 6.45) is 2.02. The Morgan fingerprint density at radius 1 is 0.833 bits per heavy atom. The Morgan fingerprint density at radius 3 is 2.11 bits per heavy atom. The molecule has 88 valence electrons. The van der Waals surface area contributed by atoms with Crippen molar-refractivity contribution in [3.05, 3.63) is 71.3 Å². The maximum Gasteiger partial charge on any atom is 0.195 e. The van der Waals surface area contributed by atoms with Crippen LogP contribution in [0.4, 0.5) is 0 Å². The van der Waals surface area contributed by atoms with Crippen molar-refractivity contribution >= 4 is 28.0 Å². The van der Waals surface area contributed by atoms with Gasteiger partial charge in [0.1, 0.15) is 0 Å². The van der Waals surface area contributed by atoms with E-state index in [0.717, 1.165) is 27.2 Å². The van der Waals surface area contributed by atoms with Gasteiger partial charge < -0.3 is 0 Å². The summed E-state index contributed by atoms with van der Waals surface area (Å²) in [7, 11) is 0. The van der Waals surface area contributed by atoms with E-state index in [1.165, 1.54) is 0 Å². The summed E-state index contributed by atoms with van der Waals surface area (Å²) in [5, 5.41) is 0. The second kappa shape index (κ2) is 4.46. The summed E-state index contributed by atoms with van der Waals surface area (Å²) in [6, 6.07) is 17.7. The second-order valence-electron chi connectivity index (χ2n) is 4.15. The van der Waals surface area contributed by atoms with E-state index in [1.54, 1.807) is 11.8 Å². The van der Waals surface area contributed by atoms with Gasteiger partial charge in [-0.25, -0.2) is 0 Å². The predicted molar refractivity (Wildman–Crippen MR) is 77.5 cm³/mol. The average Bonchev–Trinajstić information content (AvgIpc) is 2.73. The van der Waals surface area contributed by atoms with Crippen molar-refractivity contribution in [1.29, 1.82) is 0 Å². The molecular weight excluding hydrogens is 240 g/mol. The molecule has 2 aromatic rings. The fraction of sp³-hybridized carbons (Fsp3) is 0.0625. The lowest BCUT2D eigenvalue weighted by molar-refractivity contribution is 0.105. The summed E-state index contributed by atoms with van der Waals surface area (Å²) in [6.45, 7) is 0. The van der Waals surface area contributed by atoms with Gasteiger partial charge in [0.15, 0.2) is 5.78 Å². The van der Waals surface area contributed by atoms with E-state index in [1.807, 2.05) is 60.9 Å². The number of fused-ring (bicyclic) bond motifs is 1. The number of carbonyl (C=O) groups is 1. The van der Waals surface area contributed by atoms with E-state index in [-0.39, 0.29) is 5.78 Å². The molecule has 0 atom stereocenters. The molecule has 1 aliphatic carbocycles. The third-order valence-electron chi connectivity index (χ3n) is 3.14. The third-order valence-corrected chi connectivity index (χ3v) is 3.97. The van der Waals surface area contributed by atoms with Crippen LogP contribution in [-0.4, -0.2) is 12.0 Å². The van der Waals surface area contributed by atoms with Gasteiger partial charge in [-0.2, -0.15) is 0 Å². The molecular formula is C16H12OS. The highest BCUT2D eigenvalue weighted by Crippen LogP contribution is 2.43. The molecule has 0 heterocycles. The molecule has 18 heavy (non-hydrogen) atoms. The van der Waals surface area contributed by atoms with Gasteiger partial charge in [-0.05, 0) is 17.4 Å². The average molecular weight is 252 g/mol. The molecule has 0 radical (unpaired) electrons. The molecule has 2 heteroatoms. The molecule has 0 saturated carbocycles. The Kier molecular flexibility index (Phi) is 2.80. The highest BCUT2D eigenvalue weighted by Gasteiger charge is 2.29. The van der Waals surface area contributed by atoms with Crippen molar-refractivity contribution in [1.82, 2.24) is 0 Å². The fourth-order valence-corrected chi connectivity index (χ4v) is 3.14. The molecule has 0 spiro atoms. The highest BCUT2D eigenvalue weighted by molar-refractivity contribution is 8.08. The number of ketones is 1. The summed E-state index contributed by atoms with van der Waals surface area (Å²) in [4.78, 5) is 13.6.